The fraction of sp³-hybridized carbons (Fsp3) is 1.00. The molecule has 2 unspecified atom stereocenters. The van der Waals surface area contributed by atoms with E-state index >= 15 is 0 Å². The van der Waals surface area contributed by atoms with Crippen LogP contribution in [-0.4, -0.2) is 12.1 Å². The van der Waals surface area contributed by atoms with Crippen LogP contribution in [0.5, 0.6) is 0 Å². The first-order valence-electron chi connectivity index (χ1n) is 6.34. The highest BCUT2D eigenvalue weighted by atomic mass is 14.9. The maximum atomic E-state index is 3.58. The molecule has 0 fully saturated rings. The number of nitrogens with one attached hydrogen (secondary N) is 1. The minimum atomic E-state index is 0.614. The molecular formula is C13H29N. The summed E-state index contributed by atoms with van der Waals surface area (Å²) in [5, 5.41) is 3.58. The Morgan fingerprint density at radius 3 is 2.07 bits per heavy atom. The zero-order valence-corrected chi connectivity index (χ0v) is 10.8. The summed E-state index contributed by atoms with van der Waals surface area (Å²) in [5.74, 6) is 0.814. The molecule has 2 atom stereocenters. The fourth-order valence-corrected chi connectivity index (χ4v) is 1.83. The van der Waals surface area contributed by atoms with E-state index in [9.17, 15) is 0 Å². The van der Waals surface area contributed by atoms with Crippen molar-refractivity contribution < 1.29 is 0 Å². The topological polar surface area (TPSA) is 12.0 Å². The molecule has 0 aliphatic heterocycles. The van der Waals surface area contributed by atoms with Crippen molar-refractivity contribution in [3.05, 3.63) is 0 Å². The van der Waals surface area contributed by atoms with Crippen LogP contribution in [0.4, 0.5) is 0 Å². The second-order valence-corrected chi connectivity index (χ2v) is 4.94. The van der Waals surface area contributed by atoms with Crippen molar-refractivity contribution in [1.82, 2.24) is 5.32 Å². The van der Waals surface area contributed by atoms with Gasteiger partial charge in [-0.15, -0.1) is 0 Å². The van der Waals surface area contributed by atoms with Crippen molar-refractivity contribution >= 4 is 0 Å². The monoisotopic (exact) mass is 199 g/mol. The van der Waals surface area contributed by atoms with Crippen LogP contribution < -0.4 is 5.32 Å². The van der Waals surface area contributed by atoms with Gasteiger partial charge in [0.15, 0.2) is 0 Å². The molecule has 0 aromatic rings. The maximum absolute atomic E-state index is 3.58. The Balaban J connectivity index is 3.46. The normalized spacial score (nSPS) is 15.9. The Hall–Kier alpha value is -0.0400. The van der Waals surface area contributed by atoms with E-state index in [1.165, 1.54) is 32.1 Å². The van der Waals surface area contributed by atoms with Crippen LogP contribution in [-0.2, 0) is 0 Å². The van der Waals surface area contributed by atoms with Crippen LogP contribution in [0.25, 0.3) is 0 Å². The summed E-state index contributed by atoms with van der Waals surface area (Å²) >= 11 is 0. The van der Waals surface area contributed by atoms with E-state index in [0.29, 0.717) is 12.1 Å². The summed E-state index contributed by atoms with van der Waals surface area (Å²) in [5.41, 5.74) is 0. The molecule has 0 aliphatic carbocycles. The smallest absolute Gasteiger partial charge is 0.00667 e. The van der Waals surface area contributed by atoms with Gasteiger partial charge in [-0.2, -0.15) is 0 Å². The summed E-state index contributed by atoms with van der Waals surface area (Å²) in [6.45, 7) is 11.4. The molecule has 14 heavy (non-hydrogen) atoms. The van der Waals surface area contributed by atoms with E-state index in [4.69, 9.17) is 0 Å². The average molecular weight is 199 g/mol. The molecule has 0 radical (unpaired) electrons. The van der Waals surface area contributed by atoms with E-state index in [1.54, 1.807) is 0 Å². The molecule has 0 saturated carbocycles. The van der Waals surface area contributed by atoms with Gasteiger partial charge in [-0.3, -0.25) is 0 Å². The van der Waals surface area contributed by atoms with Gasteiger partial charge >= 0.3 is 0 Å². The quantitative estimate of drug-likeness (QED) is 0.583. The van der Waals surface area contributed by atoms with Gasteiger partial charge in [0.2, 0.25) is 0 Å². The Bertz CT molecular complexity index is 120. The van der Waals surface area contributed by atoms with Gasteiger partial charge in [0.1, 0.15) is 0 Å². The lowest BCUT2D eigenvalue weighted by Gasteiger charge is -2.23. The van der Waals surface area contributed by atoms with E-state index < -0.39 is 0 Å². The molecule has 86 valence electrons. The maximum Gasteiger partial charge on any atom is 0.00667 e. The summed E-state index contributed by atoms with van der Waals surface area (Å²) in [4.78, 5) is 0. The van der Waals surface area contributed by atoms with Gasteiger partial charge in [-0.1, -0.05) is 53.4 Å². The van der Waals surface area contributed by atoms with Crippen LogP contribution in [0, 0.1) is 5.92 Å². The van der Waals surface area contributed by atoms with E-state index in [2.05, 4.69) is 39.9 Å². The van der Waals surface area contributed by atoms with Crippen molar-refractivity contribution in [1.29, 1.82) is 0 Å². The zero-order valence-electron chi connectivity index (χ0n) is 10.8. The van der Waals surface area contributed by atoms with Gasteiger partial charge in [-0.25, -0.2) is 0 Å². The predicted molar refractivity (Wildman–Crippen MR) is 65.7 cm³/mol. The Kier molecular flexibility index (Phi) is 8.26. The zero-order chi connectivity index (χ0) is 11.0. The van der Waals surface area contributed by atoms with Gasteiger partial charge in [0, 0.05) is 12.1 Å². The highest BCUT2D eigenvalue weighted by Crippen LogP contribution is 2.14. The second kappa shape index (κ2) is 8.28. The van der Waals surface area contributed by atoms with Crippen LogP contribution in [0.1, 0.15) is 66.7 Å². The third-order valence-corrected chi connectivity index (χ3v) is 2.96. The van der Waals surface area contributed by atoms with Crippen molar-refractivity contribution in [3.63, 3.8) is 0 Å². The number of rotatable bonds is 8. The lowest BCUT2D eigenvalue weighted by Crippen LogP contribution is -2.36. The molecule has 0 heterocycles. The molecule has 0 amide bonds. The second-order valence-electron chi connectivity index (χ2n) is 4.94. The molecular weight excluding hydrogens is 170 g/mol. The molecule has 0 aliphatic rings. The first kappa shape index (κ1) is 14.0. The first-order valence-corrected chi connectivity index (χ1v) is 6.34. The van der Waals surface area contributed by atoms with Crippen LogP contribution in [0.15, 0.2) is 0 Å². The summed E-state index contributed by atoms with van der Waals surface area (Å²) in [6, 6.07) is 1.28. The highest BCUT2D eigenvalue weighted by Gasteiger charge is 2.11. The third kappa shape index (κ3) is 7.37. The number of hydrogen-bond donors (Lipinski definition) is 1. The molecule has 0 bridgehead atoms. The average Bonchev–Trinajstić information content (AvgIpc) is 2.11. The SMILES string of the molecule is CCCCCCC(C)C(C)NC(C)C. The molecule has 1 heteroatoms. The van der Waals surface area contributed by atoms with Crippen molar-refractivity contribution in [3.8, 4) is 0 Å². The Labute approximate surface area is 90.7 Å². The van der Waals surface area contributed by atoms with Crippen LogP contribution in [0.3, 0.4) is 0 Å². The van der Waals surface area contributed by atoms with Gasteiger partial charge in [0.25, 0.3) is 0 Å². The minimum Gasteiger partial charge on any atom is -0.312 e. The summed E-state index contributed by atoms with van der Waals surface area (Å²) < 4.78 is 0. The number of hydrogen-bond acceptors (Lipinski definition) is 1. The van der Waals surface area contributed by atoms with Gasteiger partial charge in [0.05, 0.1) is 0 Å². The summed E-state index contributed by atoms with van der Waals surface area (Å²) in [6.07, 6.45) is 6.93. The minimum absolute atomic E-state index is 0.614. The Morgan fingerprint density at radius 1 is 0.929 bits per heavy atom. The van der Waals surface area contributed by atoms with E-state index in [0.717, 1.165) is 5.92 Å². The third-order valence-electron chi connectivity index (χ3n) is 2.96. The predicted octanol–water partition coefficient (Wildman–Crippen LogP) is 3.98. The molecule has 1 nitrogen and oxygen atoms in total. The van der Waals surface area contributed by atoms with Crippen molar-refractivity contribution in [2.45, 2.75) is 78.8 Å². The fourth-order valence-electron chi connectivity index (χ4n) is 1.83. The van der Waals surface area contributed by atoms with Gasteiger partial charge in [-0.05, 0) is 19.3 Å². The molecule has 1 N–H and O–H groups in total. The number of unbranched alkanes of at least 4 members (excludes halogenated alkanes) is 3. The van der Waals surface area contributed by atoms with Crippen LogP contribution >= 0.6 is 0 Å². The molecule has 0 aromatic heterocycles. The van der Waals surface area contributed by atoms with Crippen molar-refractivity contribution in [2.75, 3.05) is 0 Å². The lowest BCUT2D eigenvalue weighted by molar-refractivity contribution is 0.346. The lowest BCUT2D eigenvalue weighted by atomic mass is 9.96. The highest BCUT2D eigenvalue weighted by molar-refractivity contribution is 4.70. The molecule has 0 rings (SSSR count). The molecule has 0 aromatic carbocycles. The summed E-state index contributed by atoms with van der Waals surface area (Å²) in [7, 11) is 0. The largest absolute Gasteiger partial charge is 0.312 e. The van der Waals surface area contributed by atoms with Gasteiger partial charge < -0.3 is 5.32 Å². The molecule has 0 saturated heterocycles. The van der Waals surface area contributed by atoms with Crippen LogP contribution in [0.2, 0.25) is 0 Å². The van der Waals surface area contributed by atoms with E-state index in [1.807, 2.05) is 0 Å². The Morgan fingerprint density at radius 2 is 1.57 bits per heavy atom. The molecule has 0 spiro atoms. The van der Waals surface area contributed by atoms with Crippen molar-refractivity contribution in [2.24, 2.45) is 5.92 Å². The standard InChI is InChI=1S/C13H29N/c1-6-7-8-9-10-12(4)13(5)14-11(2)3/h11-14H,6-10H2,1-5H3. The first-order chi connectivity index (χ1) is 6.57. The van der Waals surface area contributed by atoms with E-state index in [-0.39, 0.29) is 0 Å².